The summed E-state index contributed by atoms with van der Waals surface area (Å²) in [5, 5.41) is 7.51. The Morgan fingerprint density at radius 2 is 1.72 bits per heavy atom. The highest BCUT2D eigenvalue weighted by Gasteiger charge is 2.13. The minimum Gasteiger partial charge on any atom is -0.379 e. The molecule has 1 N–H and O–H groups in total. The zero-order valence-corrected chi connectivity index (χ0v) is 15.7. The van der Waals surface area contributed by atoms with E-state index < -0.39 is 0 Å². The van der Waals surface area contributed by atoms with Gasteiger partial charge in [0.25, 0.3) is 11.1 Å². The Kier molecular flexibility index (Phi) is 4.45. The normalized spacial score (nSPS) is 15.3. The molecule has 9 nitrogen and oxygen atoms in total. The van der Waals surface area contributed by atoms with Crippen LogP contribution in [0.4, 0.5) is 0 Å². The van der Waals surface area contributed by atoms with E-state index in [2.05, 4.69) is 20.1 Å². The minimum absolute atomic E-state index is 0.137. The molecule has 0 radical (unpaired) electrons. The third-order valence-electron chi connectivity index (χ3n) is 5.32. The molecule has 0 saturated carbocycles. The smallest absolute Gasteiger partial charge is 0.265 e. The summed E-state index contributed by atoms with van der Waals surface area (Å²) in [6.45, 7) is 4.57. The number of H-pyrrole nitrogens is 1. The molecule has 0 amide bonds. The first-order valence-electron chi connectivity index (χ1n) is 9.56. The Morgan fingerprint density at radius 3 is 2.48 bits per heavy atom. The number of pyridine rings is 3. The van der Waals surface area contributed by atoms with E-state index in [0.717, 1.165) is 32.8 Å². The van der Waals surface area contributed by atoms with Crippen LogP contribution >= 0.6 is 0 Å². The molecule has 5 rings (SSSR count). The van der Waals surface area contributed by atoms with Crippen LogP contribution in [0.5, 0.6) is 0 Å². The van der Waals surface area contributed by atoms with Crippen molar-refractivity contribution in [1.29, 1.82) is 0 Å². The van der Waals surface area contributed by atoms with E-state index in [1.54, 1.807) is 41.4 Å². The van der Waals surface area contributed by atoms with Crippen molar-refractivity contribution >= 4 is 21.8 Å². The van der Waals surface area contributed by atoms with E-state index in [-0.39, 0.29) is 11.1 Å². The lowest BCUT2D eigenvalue weighted by molar-refractivity contribution is 0.0363. The highest BCUT2D eigenvalue weighted by atomic mass is 16.5. The van der Waals surface area contributed by atoms with Gasteiger partial charge in [0.05, 0.1) is 41.2 Å². The average Bonchev–Trinajstić information content (AvgIpc) is 3.28. The fourth-order valence-corrected chi connectivity index (χ4v) is 3.69. The molecule has 1 fully saturated rings. The second kappa shape index (κ2) is 7.26. The van der Waals surface area contributed by atoms with Crippen LogP contribution in [0.2, 0.25) is 0 Å². The summed E-state index contributed by atoms with van der Waals surface area (Å²) < 4.78 is 8.51. The van der Waals surface area contributed by atoms with Crippen molar-refractivity contribution in [2.45, 2.75) is 6.54 Å². The lowest BCUT2D eigenvalue weighted by Gasteiger charge is -2.26. The van der Waals surface area contributed by atoms with E-state index in [4.69, 9.17) is 4.74 Å². The molecule has 1 aliphatic heterocycles. The first-order chi connectivity index (χ1) is 14.2. The summed E-state index contributed by atoms with van der Waals surface area (Å²) in [7, 11) is 0. The van der Waals surface area contributed by atoms with Crippen LogP contribution in [0, 0.1) is 0 Å². The molecule has 4 aromatic heterocycles. The Balaban J connectivity index is 1.56. The molecule has 0 aliphatic carbocycles. The van der Waals surface area contributed by atoms with Gasteiger partial charge in [-0.2, -0.15) is 5.10 Å². The van der Waals surface area contributed by atoms with Crippen molar-refractivity contribution in [3.63, 3.8) is 0 Å². The number of nitrogens with zero attached hydrogens (tertiary/aromatic N) is 5. The Morgan fingerprint density at radius 1 is 0.966 bits per heavy atom. The summed E-state index contributed by atoms with van der Waals surface area (Å²) in [6, 6.07) is 6.96. The SMILES string of the molecule is O=c1c2cc3c(=O)n(-c4ccn[nH]4)ccc3nc2ccn1CCN1CCOCC1. The average molecular weight is 392 g/mol. The number of hydrogen-bond acceptors (Lipinski definition) is 6. The topological polar surface area (TPSA) is 98.0 Å². The molecular weight excluding hydrogens is 372 g/mol. The zero-order chi connectivity index (χ0) is 19.8. The third-order valence-corrected chi connectivity index (χ3v) is 5.32. The number of aromatic nitrogens is 5. The van der Waals surface area contributed by atoms with Crippen molar-refractivity contribution in [3.05, 3.63) is 63.6 Å². The molecular formula is C20H20N6O3. The molecule has 9 heteroatoms. The quantitative estimate of drug-likeness (QED) is 0.515. The first-order valence-corrected chi connectivity index (χ1v) is 9.56. The number of aromatic amines is 1. The molecule has 0 spiro atoms. The fourth-order valence-electron chi connectivity index (χ4n) is 3.69. The van der Waals surface area contributed by atoms with Crippen molar-refractivity contribution in [2.24, 2.45) is 0 Å². The van der Waals surface area contributed by atoms with Gasteiger partial charge >= 0.3 is 0 Å². The lowest BCUT2D eigenvalue weighted by atomic mass is 10.2. The van der Waals surface area contributed by atoms with Crippen LogP contribution in [-0.2, 0) is 11.3 Å². The largest absolute Gasteiger partial charge is 0.379 e. The van der Waals surface area contributed by atoms with E-state index >= 15 is 0 Å². The zero-order valence-electron chi connectivity index (χ0n) is 15.7. The van der Waals surface area contributed by atoms with Crippen LogP contribution in [-0.4, -0.2) is 62.1 Å². The maximum absolute atomic E-state index is 13.0. The van der Waals surface area contributed by atoms with Crippen LogP contribution in [0.1, 0.15) is 0 Å². The maximum Gasteiger partial charge on any atom is 0.265 e. The number of fused-ring (bicyclic) bond motifs is 2. The molecule has 1 saturated heterocycles. The molecule has 0 aromatic carbocycles. The number of rotatable bonds is 4. The number of hydrogen-bond donors (Lipinski definition) is 1. The van der Waals surface area contributed by atoms with Gasteiger partial charge in [-0.15, -0.1) is 0 Å². The van der Waals surface area contributed by atoms with Gasteiger partial charge in [0, 0.05) is 44.6 Å². The van der Waals surface area contributed by atoms with Gasteiger partial charge < -0.3 is 9.30 Å². The predicted octanol–water partition coefficient (Wildman–Crippen LogP) is 0.756. The standard InChI is InChI=1S/C20H20N6O3/c27-19-14-13-15-17(3-6-26(20(15)28)18-1-4-21-23-18)22-16(14)2-5-25(19)8-7-24-9-11-29-12-10-24/h1-6,13H,7-12H2,(H,21,23). The second-order valence-electron chi connectivity index (χ2n) is 7.06. The van der Waals surface area contributed by atoms with E-state index in [1.165, 1.54) is 4.57 Å². The Hall–Kier alpha value is -3.30. The van der Waals surface area contributed by atoms with Gasteiger partial charge in [-0.1, -0.05) is 0 Å². The molecule has 29 heavy (non-hydrogen) atoms. The van der Waals surface area contributed by atoms with E-state index in [0.29, 0.717) is 34.2 Å². The van der Waals surface area contributed by atoms with E-state index in [1.807, 2.05) is 6.07 Å². The van der Waals surface area contributed by atoms with Crippen LogP contribution in [0.3, 0.4) is 0 Å². The Labute approximate surface area is 165 Å². The second-order valence-corrected chi connectivity index (χ2v) is 7.06. The summed E-state index contributed by atoms with van der Waals surface area (Å²) in [4.78, 5) is 32.8. The highest BCUT2D eigenvalue weighted by molar-refractivity contribution is 5.91. The van der Waals surface area contributed by atoms with Crippen LogP contribution in [0.15, 0.2) is 52.4 Å². The first kappa shape index (κ1) is 17.8. The van der Waals surface area contributed by atoms with Gasteiger partial charge in [-0.3, -0.25) is 24.2 Å². The molecule has 148 valence electrons. The summed E-state index contributed by atoms with van der Waals surface area (Å²) in [6.07, 6.45) is 5.01. The molecule has 0 unspecified atom stereocenters. The molecule has 0 atom stereocenters. The minimum atomic E-state index is -0.246. The highest BCUT2D eigenvalue weighted by Crippen LogP contribution is 2.15. The van der Waals surface area contributed by atoms with Gasteiger partial charge in [0.1, 0.15) is 5.82 Å². The molecule has 4 aromatic rings. The van der Waals surface area contributed by atoms with Crippen molar-refractivity contribution in [2.75, 3.05) is 32.8 Å². The van der Waals surface area contributed by atoms with Crippen molar-refractivity contribution < 1.29 is 4.74 Å². The summed E-state index contributed by atoms with van der Waals surface area (Å²) in [5.41, 5.74) is 0.762. The van der Waals surface area contributed by atoms with Gasteiger partial charge in [-0.25, -0.2) is 4.98 Å². The van der Waals surface area contributed by atoms with Gasteiger partial charge in [-0.05, 0) is 18.2 Å². The monoisotopic (exact) mass is 392 g/mol. The van der Waals surface area contributed by atoms with Gasteiger partial charge in [0.15, 0.2) is 0 Å². The lowest BCUT2D eigenvalue weighted by Crippen LogP contribution is -2.39. The summed E-state index contributed by atoms with van der Waals surface area (Å²) >= 11 is 0. The van der Waals surface area contributed by atoms with Crippen LogP contribution in [0.25, 0.3) is 27.6 Å². The fraction of sp³-hybridized carbons (Fsp3) is 0.300. The molecule has 0 bridgehead atoms. The number of morpholine rings is 1. The third kappa shape index (κ3) is 3.24. The summed E-state index contributed by atoms with van der Waals surface area (Å²) in [5.74, 6) is 0.563. The van der Waals surface area contributed by atoms with Crippen LogP contribution < -0.4 is 11.1 Å². The molecule has 1 aliphatic rings. The van der Waals surface area contributed by atoms with Crippen molar-refractivity contribution in [1.82, 2.24) is 29.2 Å². The number of ether oxygens (including phenoxy) is 1. The predicted molar refractivity (Wildman–Crippen MR) is 109 cm³/mol. The Bertz CT molecular complexity index is 1290. The molecule has 5 heterocycles. The maximum atomic E-state index is 13.0. The van der Waals surface area contributed by atoms with Gasteiger partial charge in [0.2, 0.25) is 0 Å². The number of nitrogens with one attached hydrogen (secondary N) is 1. The van der Waals surface area contributed by atoms with E-state index in [9.17, 15) is 9.59 Å². The van der Waals surface area contributed by atoms with Crippen molar-refractivity contribution in [3.8, 4) is 5.82 Å².